The van der Waals surface area contributed by atoms with Crippen LogP contribution in [0.25, 0.3) is 6.08 Å². The molecule has 5 nitrogen and oxygen atoms in total. The summed E-state index contributed by atoms with van der Waals surface area (Å²) in [5.41, 5.74) is 3.59. The number of ether oxygens (including phenoxy) is 3. The molecule has 2 aromatic rings. The predicted molar refractivity (Wildman–Crippen MR) is 119 cm³/mol. The van der Waals surface area contributed by atoms with Crippen LogP contribution in [0.4, 0.5) is 0 Å². The van der Waals surface area contributed by atoms with E-state index in [0.717, 1.165) is 37.8 Å². The number of aryl methyl sites for hydroxylation is 1. The molecule has 0 radical (unpaired) electrons. The zero-order chi connectivity index (χ0) is 21.5. The van der Waals surface area contributed by atoms with Crippen molar-refractivity contribution in [3.05, 3.63) is 59.2 Å². The summed E-state index contributed by atoms with van der Waals surface area (Å²) in [5, 5.41) is 0. The van der Waals surface area contributed by atoms with E-state index < -0.39 is 0 Å². The Bertz CT molecular complexity index is 881. The number of rotatable bonds is 8. The van der Waals surface area contributed by atoms with Crippen LogP contribution in [-0.4, -0.2) is 44.7 Å². The standard InChI is InChI=1S/C25H31NO4/c1-5-14-26(21-12-11-19-8-6-7-9-20(19)17-21)24(27)13-10-18-15-22(28-2)25(30-4)23(16-18)29-3/h6-10,13,15-16,21H,5,11-12,14,17H2,1-4H3/b13-10+. The van der Waals surface area contributed by atoms with E-state index in [2.05, 4.69) is 31.2 Å². The fraction of sp³-hybridized carbons (Fsp3) is 0.400. The van der Waals surface area contributed by atoms with E-state index in [1.807, 2.05) is 23.1 Å². The highest BCUT2D eigenvalue weighted by molar-refractivity contribution is 5.92. The van der Waals surface area contributed by atoms with Gasteiger partial charge < -0.3 is 19.1 Å². The van der Waals surface area contributed by atoms with Gasteiger partial charge >= 0.3 is 0 Å². The molecule has 0 aromatic heterocycles. The first-order chi connectivity index (χ1) is 14.6. The number of amides is 1. The van der Waals surface area contributed by atoms with Gasteiger partial charge in [-0.15, -0.1) is 0 Å². The Morgan fingerprint density at radius 1 is 1.07 bits per heavy atom. The molecule has 2 aromatic carbocycles. The molecule has 0 fully saturated rings. The lowest BCUT2D eigenvalue weighted by atomic mass is 9.87. The minimum atomic E-state index is 0.0370. The quantitative estimate of drug-likeness (QED) is 0.602. The summed E-state index contributed by atoms with van der Waals surface area (Å²) in [5.74, 6) is 1.71. The highest BCUT2D eigenvalue weighted by atomic mass is 16.5. The highest BCUT2D eigenvalue weighted by Crippen LogP contribution is 2.38. The molecule has 0 spiro atoms. The van der Waals surface area contributed by atoms with Crippen LogP contribution in [0.3, 0.4) is 0 Å². The Morgan fingerprint density at radius 2 is 1.73 bits per heavy atom. The zero-order valence-electron chi connectivity index (χ0n) is 18.3. The van der Waals surface area contributed by atoms with Gasteiger partial charge in [0.05, 0.1) is 21.3 Å². The third-order valence-electron chi connectivity index (χ3n) is 5.61. The predicted octanol–water partition coefficient (Wildman–Crippen LogP) is 4.52. The van der Waals surface area contributed by atoms with Gasteiger partial charge in [-0.05, 0) is 60.6 Å². The smallest absolute Gasteiger partial charge is 0.246 e. The number of hydrogen-bond acceptors (Lipinski definition) is 4. The minimum absolute atomic E-state index is 0.0370. The second-order valence-corrected chi connectivity index (χ2v) is 7.49. The van der Waals surface area contributed by atoms with Crippen molar-refractivity contribution >= 4 is 12.0 Å². The molecule has 1 aliphatic carbocycles. The maximum absolute atomic E-state index is 13.1. The van der Waals surface area contributed by atoms with Gasteiger partial charge in [0.15, 0.2) is 11.5 Å². The fourth-order valence-electron chi connectivity index (χ4n) is 4.12. The van der Waals surface area contributed by atoms with Gasteiger partial charge in [-0.2, -0.15) is 0 Å². The number of benzene rings is 2. The van der Waals surface area contributed by atoms with Crippen LogP contribution in [0, 0.1) is 0 Å². The first-order valence-electron chi connectivity index (χ1n) is 10.5. The molecular formula is C25H31NO4. The number of methoxy groups -OCH3 is 3. The molecule has 5 heteroatoms. The van der Waals surface area contributed by atoms with Gasteiger partial charge in [0, 0.05) is 18.7 Å². The maximum Gasteiger partial charge on any atom is 0.246 e. The Kier molecular flexibility index (Phi) is 7.39. The van der Waals surface area contributed by atoms with Gasteiger partial charge in [-0.25, -0.2) is 0 Å². The van der Waals surface area contributed by atoms with Crippen molar-refractivity contribution in [2.24, 2.45) is 0 Å². The van der Waals surface area contributed by atoms with Gasteiger partial charge in [-0.3, -0.25) is 4.79 Å². The molecule has 0 aliphatic heterocycles. The fourth-order valence-corrected chi connectivity index (χ4v) is 4.12. The van der Waals surface area contributed by atoms with Crippen molar-refractivity contribution in [3.8, 4) is 17.2 Å². The first kappa shape index (κ1) is 21.8. The van der Waals surface area contributed by atoms with Crippen LogP contribution in [0.2, 0.25) is 0 Å². The van der Waals surface area contributed by atoms with Crippen LogP contribution in [0.1, 0.15) is 36.5 Å². The van der Waals surface area contributed by atoms with Crippen molar-refractivity contribution in [3.63, 3.8) is 0 Å². The second-order valence-electron chi connectivity index (χ2n) is 7.49. The van der Waals surface area contributed by atoms with Crippen molar-refractivity contribution < 1.29 is 19.0 Å². The van der Waals surface area contributed by atoms with Crippen molar-refractivity contribution in [2.75, 3.05) is 27.9 Å². The summed E-state index contributed by atoms with van der Waals surface area (Å²) in [6, 6.07) is 12.5. The van der Waals surface area contributed by atoms with Gasteiger partial charge in [0.25, 0.3) is 0 Å². The molecule has 0 heterocycles. The Hall–Kier alpha value is -2.95. The molecule has 1 unspecified atom stereocenters. The third kappa shape index (κ3) is 4.78. The summed E-state index contributed by atoms with van der Waals surface area (Å²) < 4.78 is 16.2. The molecule has 1 amide bonds. The third-order valence-corrected chi connectivity index (χ3v) is 5.61. The normalized spacial score (nSPS) is 15.5. The monoisotopic (exact) mass is 409 g/mol. The number of carbonyl (C=O) groups is 1. The second kappa shape index (κ2) is 10.2. The van der Waals surface area contributed by atoms with Crippen LogP contribution in [0.15, 0.2) is 42.5 Å². The molecular weight excluding hydrogens is 378 g/mol. The lowest BCUT2D eigenvalue weighted by molar-refractivity contribution is -0.128. The minimum Gasteiger partial charge on any atom is -0.493 e. The summed E-state index contributed by atoms with van der Waals surface area (Å²) in [4.78, 5) is 15.1. The van der Waals surface area contributed by atoms with E-state index in [1.165, 1.54) is 11.1 Å². The van der Waals surface area contributed by atoms with E-state index >= 15 is 0 Å². The molecule has 0 bridgehead atoms. The van der Waals surface area contributed by atoms with Gasteiger partial charge in [-0.1, -0.05) is 31.2 Å². The number of fused-ring (bicyclic) bond motifs is 1. The maximum atomic E-state index is 13.1. The summed E-state index contributed by atoms with van der Waals surface area (Å²) in [6.45, 7) is 2.87. The van der Waals surface area contributed by atoms with Crippen LogP contribution >= 0.6 is 0 Å². The topological polar surface area (TPSA) is 48.0 Å². The number of nitrogens with zero attached hydrogens (tertiary/aromatic N) is 1. The highest BCUT2D eigenvalue weighted by Gasteiger charge is 2.26. The van der Waals surface area contributed by atoms with Gasteiger partial charge in [0.1, 0.15) is 0 Å². The lowest BCUT2D eigenvalue weighted by Crippen LogP contribution is -2.43. The molecule has 0 saturated heterocycles. The Morgan fingerprint density at radius 3 is 2.33 bits per heavy atom. The Labute approximate surface area is 179 Å². The molecule has 3 rings (SSSR count). The SMILES string of the molecule is CCCN(C(=O)/C=C/c1cc(OC)c(OC)c(OC)c1)C1CCc2ccccc2C1. The van der Waals surface area contributed by atoms with Crippen LogP contribution in [-0.2, 0) is 17.6 Å². The van der Waals surface area contributed by atoms with Crippen molar-refractivity contribution in [1.29, 1.82) is 0 Å². The average molecular weight is 410 g/mol. The van der Waals surface area contributed by atoms with E-state index in [9.17, 15) is 4.79 Å². The first-order valence-corrected chi connectivity index (χ1v) is 10.5. The molecule has 0 N–H and O–H groups in total. The summed E-state index contributed by atoms with van der Waals surface area (Å²) >= 11 is 0. The van der Waals surface area contributed by atoms with E-state index in [0.29, 0.717) is 17.2 Å². The lowest BCUT2D eigenvalue weighted by Gasteiger charge is -2.34. The number of hydrogen-bond donors (Lipinski definition) is 0. The Balaban J connectivity index is 1.79. The molecule has 30 heavy (non-hydrogen) atoms. The van der Waals surface area contributed by atoms with E-state index in [1.54, 1.807) is 27.4 Å². The molecule has 0 saturated carbocycles. The van der Waals surface area contributed by atoms with E-state index in [-0.39, 0.29) is 11.9 Å². The zero-order valence-corrected chi connectivity index (χ0v) is 18.3. The summed E-state index contributed by atoms with van der Waals surface area (Å²) in [7, 11) is 4.74. The summed E-state index contributed by atoms with van der Waals surface area (Å²) in [6.07, 6.45) is 7.33. The van der Waals surface area contributed by atoms with Crippen molar-refractivity contribution in [2.45, 2.75) is 38.6 Å². The van der Waals surface area contributed by atoms with Gasteiger partial charge in [0.2, 0.25) is 11.7 Å². The molecule has 1 aliphatic rings. The van der Waals surface area contributed by atoms with Crippen molar-refractivity contribution in [1.82, 2.24) is 4.90 Å². The van der Waals surface area contributed by atoms with Crippen LogP contribution < -0.4 is 14.2 Å². The van der Waals surface area contributed by atoms with Crippen LogP contribution in [0.5, 0.6) is 17.2 Å². The average Bonchev–Trinajstić information content (AvgIpc) is 2.79. The van der Waals surface area contributed by atoms with E-state index in [4.69, 9.17) is 14.2 Å². The molecule has 160 valence electrons. The number of carbonyl (C=O) groups excluding carboxylic acids is 1. The molecule has 1 atom stereocenters. The largest absolute Gasteiger partial charge is 0.493 e.